The molecule has 0 bridgehead atoms. The Bertz CT molecular complexity index is 1300. The number of hydrogen-bond donors (Lipinski definition) is 1. The fourth-order valence-corrected chi connectivity index (χ4v) is 3.21. The van der Waals surface area contributed by atoms with Gasteiger partial charge in [0.15, 0.2) is 5.75 Å². The van der Waals surface area contributed by atoms with Crippen LogP contribution in [0, 0.1) is 42.8 Å². The predicted molar refractivity (Wildman–Crippen MR) is 128 cm³/mol. The highest BCUT2D eigenvalue weighted by Crippen LogP contribution is 2.46. The molecule has 0 spiro atoms. The molecular formula is C23H23FN4O10. The number of esters is 2. The number of nitro groups is 2. The van der Waals surface area contributed by atoms with Crippen LogP contribution >= 0.6 is 0 Å². The van der Waals surface area contributed by atoms with Crippen molar-refractivity contribution in [1.29, 1.82) is 5.26 Å². The van der Waals surface area contributed by atoms with Crippen LogP contribution in [0.15, 0.2) is 24.3 Å². The van der Waals surface area contributed by atoms with E-state index < -0.39 is 38.7 Å². The minimum absolute atomic E-state index is 0.0443. The van der Waals surface area contributed by atoms with Crippen LogP contribution in [0.2, 0.25) is 0 Å². The van der Waals surface area contributed by atoms with E-state index in [4.69, 9.17) is 10.00 Å². The number of anilines is 1. The van der Waals surface area contributed by atoms with E-state index in [9.17, 15) is 34.2 Å². The molecule has 0 radical (unpaired) electrons. The summed E-state index contributed by atoms with van der Waals surface area (Å²) in [5.74, 6) is -2.95. The minimum atomic E-state index is -1.15. The third-order valence-corrected chi connectivity index (χ3v) is 5.46. The Labute approximate surface area is 215 Å². The second kappa shape index (κ2) is 12.3. The third kappa shape index (κ3) is 6.60. The van der Waals surface area contributed by atoms with Crippen LogP contribution in [0.5, 0.6) is 11.5 Å². The number of carbonyl (C=O) groups excluding carboxylic acids is 2. The maximum atomic E-state index is 13.3. The fourth-order valence-electron chi connectivity index (χ4n) is 3.21. The van der Waals surface area contributed by atoms with Crippen LogP contribution in [0.25, 0.3) is 0 Å². The van der Waals surface area contributed by atoms with Crippen molar-refractivity contribution in [3.8, 4) is 17.6 Å². The van der Waals surface area contributed by atoms with Crippen LogP contribution in [0.1, 0.15) is 33.6 Å². The van der Waals surface area contributed by atoms with Crippen LogP contribution in [0.4, 0.5) is 21.5 Å². The highest BCUT2D eigenvalue weighted by atomic mass is 19.1. The molecule has 3 rings (SSSR count). The highest BCUT2D eigenvalue weighted by Gasteiger charge is 2.43. The first-order valence-electron chi connectivity index (χ1n) is 10.7. The van der Waals surface area contributed by atoms with Gasteiger partial charge in [0.05, 0.1) is 60.9 Å². The molecule has 202 valence electrons. The number of nitro benzene ring substituents is 2. The van der Waals surface area contributed by atoms with E-state index in [-0.39, 0.29) is 40.5 Å². The number of nitriles is 1. The van der Waals surface area contributed by atoms with Crippen molar-refractivity contribution in [2.75, 3.05) is 40.3 Å². The van der Waals surface area contributed by atoms with Gasteiger partial charge in [-0.15, -0.1) is 0 Å². The zero-order chi connectivity index (χ0) is 28.6. The summed E-state index contributed by atoms with van der Waals surface area (Å²) in [6.45, 7) is 0.276. The largest absolute Gasteiger partial charge is 0.490 e. The fraction of sp³-hybridized carbons (Fsp3) is 0.348. The Hall–Kier alpha value is -5.00. The molecule has 0 aliphatic heterocycles. The third-order valence-electron chi connectivity index (χ3n) is 5.46. The lowest BCUT2D eigenvalue weighted by Gasteiger charge is -2.13. The molecule has 0 heterocycles. The molecule has 2 aromatic carbocycles. The first-order chi connectivity index (χ1) is 18.0. The average Bonchev–Trinajstić information content (AvgIpc) is 3.70. The molecule has 15 heteroatoms. The van der Waals surface area contributed by atoms with E-state index in [0.717, 1.165) is 39.2 Å². The van der Waals surface area contributed by atoms with Crippen molar-refractivity contribution >= 4 is 29.0 Å². The van der Waals surface area contributed by atoms with Crippen LogP contribution in [-0.2, 0) is 9.47 Å². The number of nitrogens with zero attached hydrogens (tertiary/aromatic N) is 3. The maximum absolute atomic E-state index is 13.3. The van der Waals surface area contributed by atoms with Crippen molar-refractivity contribution in [2.45, 2.75) is 12.8 Å². The molecule has 0 atom stereocenters. The molecule has 0 amide bonds. The molecule has 0 unspecified atom stereocenters. The van der Waals surface area contributed by atoms with Gasteiger partial charge in [-0.3, -0.25) is 20.2 Å². The number of methoxy groups -OCH3 is 4. The van der Waals surface area contributed by atoms with E-state index in [0.29, 0.717) is 0 Å². The van der Waals surface area contributed by atoms with Crippen LogP contribution in [-0.4, -0.2) is 56.8 Å². The lowest BCUT2D eigenvalue weighted by molar-refractivity contribution is -0.388. The molecule has 14 nitrogen and oxygen atoms in total. The summed E-state index contributed by atoms with van der Waals surface area (Å²) in [4.78, 5) is 43.0. The number of nitrogens with one attached hydrogen (secondary N) is 1. The molecule has 1 aliphatic rings. The van der Waals surface area contributed by atoms with Gasteiger partial charge in [0.1, 0.15) is 5.69 Å². The quantitative estimate of drug-likeness (QED) is 0.279. The van der Waals surface area contributed by atoms with Gasteiger partial charge in [-0.2, -0.15) is 9.65 Å². The van der Waals surface area contributed by atoms with Gasteiger partial charge in [0.25, 0.3) is 0 Å². The summed E-state index contributed by atoms with van der Waals surface area (Å²) in [5.41, 5.74) is -1.45. The van der Waals surface area contributed by atoms with E-state index >= 15 is 0 Å². The van der Waals surface area contributed by atoms with Crippen LogP contribution < -0.4 is 14.8 Å². The SMILES string of the molecule is COC(=O)c1cc(F)c([N+](=O)[O-])c(OC)c1.COC(=O)c1cc(NCC2(C#N)CC2)c([N+](=O)[O-])c(OC)c1. The standard InChI is InChI=1S/C14H15N3O5.C9H8FNO5/c1-21-11-6-9(13(18)22-2)5-10(12(11)17(19)20)16-8-14(7-15)3-4-14;1-15-7-4-5(9(12)16-2)3-6(10)8(7)11(13)14/h5-6,16H,3-4,8H2,1-2H3;3-4H,1-2H3. The summed E-state index contributed by atoms with van der Waals surface area (Å²) in [6.07, 6.45) is 1.50. The molecule has 38 heavy (non-hydrogen) atoms. The van der Waals surface area contributed by atoms with Gasteiger partial charge < -0.3 is 24.3 Å². The van der Waals surface area contributed by atoms with Crippen LogP contribution in [0.3, 0.4) is 0 Å². The number of halogens is 1. The monoisotopic (exact) mass is 534 g/mol. The maximum Gasteiger partial charge on any atom is 0.346 e. The van der Waals surface area contributed by atoms with Gasteiger partial charge >= 0.3 is 23.3 Å². The Kier molecular flexibility index (Phi) is 9.46. The predicted octanol–water partition coefficient (Wildman–Crippen LogP) is 3.63. The van der Waals surface area contributed by atoms with E-state index in [1.54, 1.807) is 0 Å². The Morgan fingerprint density at radius 2 is 1.42 bits per heavy atom. The second-order valence-corrected chi connectivity index (χ2v) is 7.83. The molecule has 1 aliphatic carbocycles. The van der Waals surface area contributed by atoms with Gasteiger partial charge in [0.2, 0.25) is 11.6 Å². The normalized spacial score (nSPS) is 12.5. The van der Waals surface area contributed by atoms with E-state index in [1.807, 2.05) is 0 Å². The first-order valence-corrected chi connectivity index (χ1v) is 10.7. The molecule has 0 saturated heterocycles. The Balaban J connectivity index is 0.000000281. The molecular weight excluding hydrogens is 511 g/mol. The molecule has 1 saturated carbocycles. The smallest absolute Gasteiger partial charge is 0.346 e. The Morgan fingerprint density at radius 1 is 0.947 bits per heavy atom. The lowest BCUT2D eigenvalue weighted by atomic mass is 10.1. The second-order valence-electron chi connectivity index (χ2n) is 7.83. The average molecular weight is 534 g/mol. The van der Waals surface area contributed by atoms with E-state index in [2.05, 4.69) is 25.6 Å². The van der Waals surface area contributed by atoms with Gasteiger partial charge in [-0.25, -0.2) is 9.59 Å². The molecule has 1 fully saturated rings. The van der Waals surface area contributed by atoms with Crippen molar-refractivity contribution in [1.82, 2.24) is 0 Å². The number of carbonyl (C=O) groups is 2. The van der Waals surface area contributed by atoms with Gasteiger partial charge in [0, 0.05) is 18.7 Å². The van der Waals surface area contributed by atoms with Gasteiger partial charge in [-0.05, 0) is 25.0 Å². The first kappa shape index (κ1) is 29.2. The summed E-state index contributed by atoms with van der Waals surface area (Å²) >= 11 is 0. The van der Waals surface area contributed by atoms with Crippen molar-refractivity contribution < 1.29 is 42.8 Å². The molecule has 0 aromatic heterocycles. The Morgan fingerprint density at radius 3 is 1.82 bits per heavy atom. The minimum Gasteiger partial charge on any atom is -0.490 e. The number of benzene rings is 2. The van der Waals surface area contributed by atoms with Crippen molar-refractivity contribution in [2.24, 2.45) is 5.41 Å². The summed E-state index contributed by atoms with van der Waals surface area (Å²) < 4.78 is 31.9. The number of ether oxygens (including phenoxy) is 4. The zero-order valence-electron chi connectivity index (χ0n) is 20.7. The number of rotatable bonds is 9. The van der Waals surface area contributed by atoms with Crippen molar-refractivity contribution in [3.05, 3.63) is 61.4 Å². The van der Waals surface area contributed by atoms with Gasteiger partial charge in [-0.1, -0.05) is 0 Å². The van der Waals surface area contributed by atoms with Crippen molar-refractivity contribution in [3.63, 3.8) is 0 Å². The lowest BCUT2D eigenvalue weighted by Crippen LogP contribution is -2.15. The topological polar surface area (TPSA) is 193 Å². The van der Waals surface area contributed by atoms with E-state index in [1.165, 1.54) is 26.4 Å². The highest BCUT2D eigenvalue weighted by molar-refractivity contribution is 5.93. The summed E-state index contributed by atoms with van der Waals surface area (Å²) in [5, 5.41) is 33.8. The molecule has 1 N–H and O–H groups in total. The molecule has 2 aromatic rings. The number of hydrogen-bond acceptors (Lipinski definition) is 12. The summed E-state index contributed by atoms with van der Waals surface area (Å²) in [7, 11) is 4.76. The summed E-state index contributed by atoms with van der Waals surface area (Å²) in [6, 6.07) is 6.56. The zero-order valence-corrected chi connectivity index (χ0v) is 20.7.